The van der Waals surface area contributed by atoms with Crippen LogP contribution in [0.1, 0.15) is 36.9 Å². The third-order valence-corrected chi connectivity index (χ3v) is 8.28. The first-order valence-corrected chi connectivity index (χ1v) is 15.1. The van der Waals surface area contributed by atoms with E-state index in [9.17, 15) is 14.7 Å². The van der Waals surface area contributed by atoms with Gasteiger partial charge < -0.3 is 19.3 Å². The van der Waals surface area contributed by atoms with Gasteiger partial charge in [0.15, 0.2) is 5.13 Å². The van der Waals surface area contributed by atoms with Crippen molar-refractivity contribution in [3.8, 4) is 23.0 Å². The van der Waals surface area contributed by atoms with E-state index >= 15 is 0 Å². The highest BCUT2D eigenvalue weighted by atomic mass is 32.1. The lowest BCUT2D eigenvalue weighted by Gasteiger charge is -2.23. The fraction of sp³-hybridized carbons (Fsp3) is 0.171. The van der Waals surface area contributed by atoms with Crippen LogP contribution in [0.25, 0.3) is 16.0 Å². The number of carbonyl (C=O) groups is 2. The molecule has 9 heteroatoms. The summed E-state index contributed by atoms with van der Waals surface area (Å²) in [6.45, 7) is 2.61. The fourth-order valence-corrected chi connectivity index (χ4v) is 6.08. The smallest absolute Gasteiger partial charge is 0.301 e. The van der Waals surface area contributed by atoms with Crippen molar-refractivity contribution in [2.24, 2.45) is 0 Å². The molecule has 1 fully saturated rings. The van der Waals surface area contributed by atoms with Crippen molar-refractivity contribution < 1.29 is 28.9 Å². The summed E-state index contributed by atoms with van der Waals surface area (Å²) in [5, 5.41) is 12.0. The fourth-order valence-electron chi connectivity index (χ4n) is 5.06. The van der Waals surface area contributed by atoms with Crippen LogP contribution in [-0.4, -0.2) is 35.5 Å². The summed E-state index contributed by atoms with van der Waals surface area (Å²) in [6.07, 6.45) is 1.87. The van der Waals surface area contributed by atoms with Crippen molar-refractivity contribution in [3.63, 3.8) is 0 Å². The highest BCUT2D eigenvalue weighted by Gasteiger charge is 2.48. The second kappa shape index (κ2) is 12.6. The van der Waals surface area contributed by atoms with Crippen LogP contribution >= 0.6 is 11.3 Å². The number of amides is 1. The summed E-state index contributed by atoms with van der Waals surface area (Å²) >= 11 is 1.26. The zero-order valence-corrected chi connectivity index (χ0v) is 25.0. The Morgan fingerprint density at radius 2 is 1.66 bits per heavy atom. The normalized spacial score (nSPS) is 16.0. The molecule has 0 spiro atoms. The third-order valence-electron chi connectivity index (χ3n) is 7.26. The van der Waals surface area contributed by atoms with Gasteiger partial charge in [-0.1, -0.05) is 67.1 Å². The maximum atomic E-state index is 13.8. The maximum Gasteiger partial charge on any atom is 0.301 e. The van der Waals surface area contributed by atoms with Gasteiger partial charge in [-0.25, -0.2) is 4.98 Å². The number of benzene rings is 4. The van der Waals surface area contributed by atoms with E-state index in [0.717, 1.165) is 17.5 Å². The molecule has 8 nitrogen and oxygen atoms in total. The van der Waals surface area contributed by atoms with E-state index < -0.39 is 17.7 Å². The topological polar surface area (TPSA) is 98.2 Å². The highest BCUT2D eigenvalue weighted by molar-refractivity contribution is 7.22. The van der Waals surface area contributed by atoms with E-state index in [-0.39, 0.29) is 11.3 Å². The molecule has 0 bridgehead atoms. The Balaban J connectivity index is 1.48. The molecule has 0 saturated carbocycles. The SMILES string of the molecule is CCCCOc1cccc(C(O)=C2C(=O)C(=O)N(c3nc4ccc(OC)cc4s3)C2c2cccc(Oc3ccccc3)c2)c1. The van der Waals surface area contributed by atoms with E-state index in [1.165, 1.54) is 16.2 Å². The average molecular weight is 607 g/mol. The number of fused-ring (bicyclic) bond motifs is 1. The van der Waals surface area contributed by atoms with Gasteiger partial charge in [0.25, 0.3) is 5.78 Å². The molecule has 4 aromatic carbocycles. The molecule has 1 saturated heterocycles. The second-order valence-electron chi connectivity index (χ2n) is 10.2. The minimum atomic E-state index is -0.971. The Labute approximate surface area is 258 Å². The molecule has 1 aromatic heterocycles. The predicted octanol–water partition coefficient (Wildman–Crippen LogP) is 7.90. The number of thiazole rings is 1. The van der Waals surface area contributed by atoms with Crippen molar-refractivity contribution in [3.05, 3.63) is 114 Å². The van der Waals surface area contributed by atoms with Gasteiger partial charge in [0.05, 0.1) is 35.5 Å². The zero-order valence-electron chi connectivity index (χ0n) is 24.2. The van der Waals surface area contributed by atoms with Gasteiger partial charge in [-0.15, -0.1) is 0 Å². The van der Waals surface area contributed by atoms with Crippen LogP contribution in [0, 0.1) is 0 Å². The number of carbonyl (C=O) groups excluding carboxylic acids is 2. The van der Waals surface area contributed by atoms with Gasteiger partial charge in [0.1, 0.15) is 28.8 Å². The standard InChI is InChI=1S/C35H30N2O6S/c1-3-4-18-42-26-14-9-11-23(20-26)32(38)30-31(22-10-8-15-27(19-22)43-24-12-6-5-7-13-24)37(34(40)33(30)39)35-36-28-17-16-25(41-2)21-29(28)44-35/h5-17,19-21,31,38H,3-4,18H2,1-2H3. The number of ketones is 1. The van der Waals surface area contributed by atoms with Crippen LogP contribution < -0.4 is 19.1 Å². The summed E-state index contributed by atoms with van der Waals surface area (Å²) in [5.41, 5.74) is 1.55. The molecule has 0 aliphatic carbocycles. The molecule has 1 atom stereocenters. The van der Waals surface area contributed by atoms with Gasteiger partial charge in [-0.3, -0.25) is 14.5 Å². The first-order chi connectivity index (χ1) is 21.5. The lowest BCUT2D eigenvalue weighted by molar-refractivity contribution is -0.132. The number of rotatable bonds is 10. The van der Waals surface area contributed by atoms with E-state index in [4.69, 9.17) is 19.2 Å². The Morgan fingerprint density at radius 3 is 2.45 bits per heavy atom. The highest BCUT2D eigenvalue weighted by Crippen LogP contribution is 2.45. The molecule has 1 unspecified atom stereocenters. The summed E-state index contributed by atoms with van der Waals surface area (Å²) in [5.74, 6) is 0.473. The number of unbranched alkanes of at least 4 members (excludes halogenated alkanes) is 1. The summed E-state index contributed by atoms with van der Waals surface area (Å²) in [6, 6.07) is 27.8. The third kappa shape index (κ3) is 5.74. The van der Waals surface area contributed by atoms with Gasteiger partial charge in [0.2, 0.25) is 0 Å². The average Bonchev–Trinajstić information content (AvgIpc) is 3.58. The van der Waals surface area contributed by atoms with Crippen molar-refractivity contribution >= 4 is 44.1 Å². The van der Waals surface area contributed by atoms with E-state index in [0.29, 0.717) is 51.4 Å². The number of methoxy groups -OCH3 is 1. The lowest BCUT2D eigenvalue weighted by atomic mass is 9.95. The molecule has 1 aliphatic heterocycles. The van der Waals surface area contributed by atoms with Crippen LogP contribution in [0.4, 0.5) is 5.13 Å². The largest absolute Gasteiger partial charge is 0.507 e. The summed E-state index contributed by atoms with van der Waals surface area (Å²) < 4.78 is 18.1. The summed E-state index contributed by atoms with van der Waals surface area (Å²) in [4.78, 5) is 33.6. The molecule has 1 N–H and O–H groups in total. The van der Waals surface area contributed by atoms with Gasteiger partial charge >= 0.3 is 5.91 Å². The van der Waals surface area contributed by atoms with Gasteiger partial charge in [0, 0.05) is 5.56 Å². The molecule has 0 radical (unpaired) electrons. The van der Waals surface area contributed by atoms with Crippen LogP contribution in [0.15, 0.2) is 103 Å². The molecule has 222 valence electrons. The molecule has 2 heterocycles. The van der Waals surface area contributed by atoms with E-state index in [1.54, 1.807) is 67.8 Å². The summed E-state index contributed by atoms with van der Waals surface area (Å²) in [7, 11) is 1.58. The molecule has 44 heavy (non-hydrogen) atoms. The van der Waals surface area contributed by atoms with Crippen molar-refractivity contribution in [2.75, 3.05) is 18.6 Å². The molecular weight excluding hydrogens is 576 g/mol. The minimum absolute atomic E-state index is 0.0468. The van der Waals surface area contributed by atoms with Crippen LogP contribution in [0.3, 0.4) is 0 Å². The number of aliphatic hydroxyl groups excluding tert-OH is 1. The first-order valence-electron chi connectivity index (χ1n) is 14.3. The van der Waals surface area contributed by atoms with Crippen LogP contribution in [0.2, 0.25) is 0 Å². The Hall–Kier alpha value is -5.15. The number of nitrogens with zero attached hydrogens (tertiary/aromatic N) is 2. The Bertz CT molecular complexity index is 1870. The van der Waals surface area contributed by atoms with Crippen molar-refractivity contribution in [1.82, 2.24) is 4.98 Å². The number of hydrogen-bond donors (Lipinski definition) is 1. The zero-order chi connectivity index (χ0) is 30.6. The van der Waals surface area contributed by atoms with E-state index in [2.05, 4.69) is 6.92 Å². The number of hydrogen-bond acceptors (Lipinski definition) is 8. The number of aliphatic hydroxyl groups is 1. The van der Waals surface area contributed by atoms with Crippen LogP contribution in [-0.2, 0) is 9.59 Å². The van der Waals surface area contributed by atoms with Gasteiger partial charge in [-0.2, -0.15) is 0 Å². The van der Waals surface area contributed by atoms with Crippen molar-refractivity contribution in [1.29, 1.82) is 0 Å². The molecule has 5 aromatic rings. The predicted molar refractivity (Wildman–Crippen MR) is 171 cm³/mol. The Morgan fingerprint density at radius 1 is 0.886 bits per heavy atom. The van der Waals surface area contributed by atoms with Gasteiger partial charge in [-0.05, 0) is 66.6 Å². The number of para-hydroxylation sites is 1. The Kier molecular flexibility index (Phi) is 8.29. The number of aromatic nitrogens is 1. The minimum Gasteiger partial charge on any atom is -0.507 e. The van der Waals surface area contributed by atoms with Crippen LogP contribution in [0.5, 0.6) is 23.0 Å². The quantitative estimate of drug-likeness (QED) is 0.0747. The number of Topliss-reactive ketones (excluding diaryl/α,β-unsaturated/α-hetero) is 1. The molecule has 1 aliphatic rings. The maximum absolute atomic E-state index is 13.8. The lowest BCUT2D eigenvalue weighted by Crippen LogP contribution is -2.29. The van der Waals surface area contributed by atoms with Crippen molar-refractivity contribution in [2.45, 2.75) is 25.8 Å². The first kappa shape index (κ1) is 28.9. The second-order valence-corrected chi connectivity index (χ2v) is 11.2. The number of ether oxygens (including phenoxy) is 3. The molecular formula is C35H30N2O6S. The molecule has 6 rings (SSSR count). The number of anilines is 1. The monoisotopic (exact) mass is 606 g/mol. The molecule has 1 amide bonds. The van der Waals surface area contributed by atoms with E-state index in [1.807, 2.05) is 36.4 Å².